The van der Waals surface area contributed by atoms with E-state index in [0.717, 1.165) is 5.69 Å². The number of aryl methyl sites for hydroxylation is 1. The van der Waals surface area contributed by atoms with Crippen molar-refractivity contribution in [3.63, 3.8) is 0 Å². The number of rotatable bonds is 3. The van der Waals surface area contributed by atoms with Crippen molar-refractivity contribution in [3.05, 3.63) is 18.0 Å². The number of carbonyl (C=O) groups is 3. The minimum atomic E-state index is -0.603. The van der Waals surface area contributed by atoms with Gasteiger partial charge in [0, 0.05) is 37.3 Å². The summed E-state index contributed by atoms with van der Waals surface area (Å²) in [6.45, 7) is 3.33. The first-order valence-electron chi connectivity index (χ1n) is 8.21. The minimum Gasteiger partial charge on any atom is -0.344 e. The van der Waals surface area contributed by atoms with Crippen molar-refractivity contribution in [2.45, 2.75) is 38.6 Å². The number of hydrogen-bond donors (Lipinski definition) is 2. The Kier molecular flexibility index (Phi) is 4.73. The van der Waals surface area contributed by atoms with Gasteiger partial charge in [0.1, 0.15) is 6.04 Å². The fraction of sp³-hybridized carbons (Fsp3) is 0.562. The number of imide groups is 1. The van der Waals surface area contributed by atoms with Crippen molar-refractivity contribution >= 4 is 23.7 Å². The predicted octanol–water partition coefficient (Wildman–Crippen LogP) is -0.0772. The number of anilines is 1. The Hall–Kier alpha value is -2.51. The van der Waals surface area contributed by atoms with Gasteiger partial charge in [-0.15, -0.1) is 0 Å². The van der Waals surface area contributed by atoms with Crippen molar-refractivity contribution in [2.75, 3.05) is 18.0 Å². The summed E-state index contributed by atoms with van der Waals surface area (Å²) in [5.41, 5.74) is 0.915. The summed E-state index contributed by atoms with van der Waals surface area (Å²) in [6.07, 6.45) is 3.75. The van der Waals surface area contributed by atoms with E-state index in [4.69, 9.17) is 0 Å². The molecule has 0 bridgehead atoms. The summed E-state index contributed by atoms with van der Waals surface area (Å²) < 4.78 is 0. The lowest BCUT2D eigenvalue weighted by Crippen LogP contribution is -2.54. The fourth-order valence-corrected chi connectivity index (χ4v) is 3.05. The van der Waals surface area contributed by atoms with Gasteiger partial charge in [0.05, 0.1) is 0 Å². The number of piperidine rings is 2. The molecular formula is C16H21N5O3. The van der Waals surface area contributed by atoms with Gasteiger partial charge in [0.25, 0.3) is 0 Å². The van der Waals surface area contributed by atoms with Gasteiger partial charge < -0.3 is 10.2 Å². The smallest absolute Gasteiger partial charge is 0.249 e. The zero-order valence-electron chi connectivity index (χ0n) is 13.6. The summed E-state index contributed by atoms with van der Waals surface area (Å²) >= 11 is 0. The maximum absolute atomic E-state index is 12.4. The van der Waals surface area contributed by atoms with Crippen LogP contribution in [0.1, 0.15) is 31.4 Å². The van der Waals surface area contributed by atoms with E-state index in [9.17, 15) is 14.4 Å². The molecule has 8 heteroatoms. The standard InChI is InChI=1S/C16H21N5O3/c1-10-4-7-17-16(18-10)21-8-5-11(6-9-21)14(23)19-12-2-3-13(22)20-15(12)24/h4,7,11-12H,2-3,5-6,8-9H2,1H3,(H,19,23)(H,20,22,24). The van der Waals surface area contributed by atoms with Crippen LogP contribution in [-0.2, 0) is 14.4 Å². The molecule has 0 saturated carbocycles. The molecule has 3 amide bonds. The predicted molar refractivity (Wildman–Crippen MR) is 86.0 cm³/mol. The lowest BCUT2D eigenvalue weighted by atomic mass is 9.95. The molecule has 1 unspecified atom stereocenters. The molecule has 8 nitrogen and oxygen atoms in total. The van der Waals surface area contributed by atoms with E-state index in [1.54, 1.807) is 6.20 Å². The van der Waals surface area contributed by atoms with Crippen LogP contribution in [0.2, 0.25) is 0 Å². The number of nitrogens with zero attached hydrogens (tertiary/aromatic N) is 3. The third kappa shape index (κ3) is 3.69. The van der Waals surface area contributed by atoms with Gasteiger partial charge in [-0.25, -0.2) is 9.97 Å². The Balaban J connectivity index is 1.52. The average molecular weight is 331 g/mol. The molecular weight excluding hydrogens is 310 g/mol. The molecule has 2 aliphatic heterocycles. The number of carbonyl (C=O) groups excluding carboxylic acids is 3. The summed E-state index contributed by atoms with van der Waals surface area (Å²) in [4.78, 5) is 46.0. The van der Waals surface area contributed by atoms with Crippen LogP contribution in [0.4, 0.5) is 5.95 Å². The molecule has 1 aromatic heterocycles. The summed E-state index contributed by atoms with van der Waals surface area (Å²) in [5, 5.41) is 5.02. The second-order valence-electron chi connectivity index (χ2n) is 6.27. The summed E-state index contributed by atoms with van der Waals surface area (Å²) in [7, 11) is 0. The number of amides is 3. The van der Waals surface area contributed by atoms with E-state index in [0.29, 0.717) is 38.3 Å². The second kappa shape index (κ2) is 6.94. The van der Waals surface area contributed by atoms with Crippen LogP contribution >= 0.6 is 0 Å². The molecule has 2 fully saturated rings. The highest BCUT2D eigenvalue weighted by Crippen LogP contribution is 2.21. The third-order valence-electron chi connectivity index (χ3n) is 4.49. The van der Waals surface area contributed by atoms with Crippen LogP contribution in [0.3, 0.4) is 0 Å². The van der Waals surface area contributed by atoms with Gasteiger partial charge in [-0.1, -0.05) is 0 Å². The Labute approximate surface area is 140 Å². The molecule has 0 spiro atoms. The first kappa shape index (κ1) is 16.4. The molecule has 0 aliphatic carbocycles. The van der Waals surface area contributed by atoms with Crippen LogP contribution < -0.4 is 15.5 Å². The molecule has 24 heavy (non-hydrogen) atoms. The maximum atomic E-state index is 12.4. The minimum absolute atomic E-state index is 0.116. The molecule has 2 saturated heterocycles. The van der Waals surface area contributed by atoms with Gasteiger partial charge in [-0.05, 0) is 32.3 Å². The fourth-order valence-electron chi connectivity index (χ4n) is 3.05. The highest BCUT2D eigenvalue weighted by Gasteiger charge is 2.32. The van der Waals surface area contributed by atoms with Gasteiger partial charge in [-0.3, -0.25) is 19.7 Å². The number of hydrogen-bond acceptors (Lipinski definition) is 6. The SMILES string of the molecule is Cc1ccnc(N2CCC(C(=O)NC3CCC(=O)NC3=O)CC2)n1. The monoisotopic (exact) mass is 331 g/mol. The zero-order valence-corrected chi connectivity index (χ0v) is 13.6. The Morgan fingerprint density at radius 3 is 2.71 bits per heavy atom. The van der Waals surface area contributed by atoms with Gasteiger partial charge in [0.2, 0.25) is 23.7 Å². The summed E-state index contributed by atoms with van der Waals surface area (Å²) in [6, 6.07) is 1.25. The number of aromatic nitrogens is 2. The average Bonchev–Trinajstić information content (AvgIpc) is 2.57. The number of nitrogens with one attached hydrogen (secondary N) is 2. The van der Waals surface area contributed by atoms with Crippen LogP contribution in [0.15, 0.2) is 12.3 Å². The molecule has 1 atom stereocenters. The van der Waals surface area contributed by atoms with E-state index >= 15 is 0 Å². The van der Waals surface area contributed by atoms with Crippen molar-refractivity contribution in [2.24, 2.45) is 5.92 Å². The Bertz CT molecular complexity index is 655. The van der Waals surface area contributed by atoms with Crippen molar-refractivity contribution in [1.82, 2.24) is 20.6 Å². The maximum Gasteiger partial charge on any atom is 0.249 e. The van der Waals surface area contributed by atoms with E-state index in [2.05, 4.69) is 25.5 Å². The third-order valence-corrected chi connectivity index (χ3v) is 4.49. The van der Waals surface area contributed by atoms with Crippen LogP contribution in [0.25, 0.3) is 0 Å². The van der Waals surface area contributed by atoms with Crippen LogP contribution in [0, 0.1) is 12.8 Å². The molecule has 128 valence electrons. The quantitative estimate of drug-likeness (QED) is 0.751. The van der Waals surface area contributed by atoms with E-state index < -0.39 is 11.9 Å². The summed E-state index contributed by atoms with van der Waals surface area (Å²) in [5.74, 6) is -0.244. The molecule has 2 aliphatic rings. The molecule has 1 aromatic rings. The van der Waals surface area contributed by atoms with E-state index in [1.807, 2.05) is 13.0 Å². The highest BCUT2D eigenvalue weighted by atomic mass is 16.2. The van der Waals surface area contributed by atoms with Crippen molar-refractivity contribution in [1.29, 1.82) is 0 Å². The largest absolute Gasteiger partial charge is 0.344 e. The second-order valence-corrected chi connectivity index (χ2v) is 6.27. The molecule has 0 radical (unpaired) electrons. The van der Waals surface area contributed by atoms with Gasteiger partial charge >= 0.3 is 0 Å². The van der Waals surface area contributed by atoms with Crippen molar-refractivity contribution < 1.29 is 14.4 Å². The van der Waals surface area contributed by atoms with Gasteiger partial charge in [0.15, 0.2) is 0 Å². The van der Waals surface area contributed by atoms with Crippen molar-refractivity contribution in [3.8, 4) is 0 Å². The normalized spacial score (nSPS) is 22.2. The van der Waals surface area contributed by atoms with E-state index in [1.165, 1.54) is 0 Å². The molecule has 3 heterocycles. The van der Waals surface area contributed by atoms with Crippen LogP contribution in [-0.4, -0.2) is 46.8 Å². The lowest BCUT2D eigenvalue weighted by molar-refractivity contribution is -0.138. The highest BCUT2D eigenvalue weighted by molar-refractivity contribution is 6.01. The lowest BCUT2D eigenvalue weighted by Gasteiger charge is -2.32. The molecule has 0 aromatic carbocycles. The molecule has 2 N–H and O–H groups in total. The first-order chi connectivity index (χ1) is 11.5. The van der Waals surface area contributed by atoms with Gasteiger partial charge in [-0.2, -0.15) is 0 Å². The Morgan fingerprint density at radius 2 is 2.04 bits per heavy atom. The molecule has 3 rings (SSSR count). The van der Waals surface area contributed by atoms with Crippen LogP contribution in [0.5, 0.6) is 0 Å². The van der Waals surface area contributed by atoms with E-state index in [-0.39, 0.29) is 24.2 Å². The zero-order chi connectivity index (χ0) is 17.1. The Morgan fingerprint density at radius 1 is 1.29 bits per heavy atom. The first-order valence-corrected chi connectivity index (χ1v) is 8.21. The topological polar surface area (TPSA) is 104 Å².